The third-order valence-electron chi connectivity index (χ3n) is 4.50. The summed E-state index contributed by atoms with van der Waals surface area (Å²) in [6.45, 7) is 6.19. The number of hydrogen-bond donors (Lipinski definition) is 0. The van der Waals surface area contributed by atoms with E-state index in [0.717, 1.165) is 5.56 Å². The molecule has 7 heteroatoms. The molecule has 142 valence electrons. The smallest absolute Gasteiger partial charge is 0.410 e. The molecule has 0 saturated carbocycles. The third kappa shape index (κ3) is 4.16. The number of likely N-dealkylation sites (tertiary alicyclic amines) is 1. The van der Waals surface area contributed by atoms with Crippen molar-refractivity contribution in [2.75, 3.05) is 13.2 Å². The van der Waals surface area contributed by atoms with Crippen molar-refractivity contribution in [1.82, 2.24) is 4.90 Å². The van der Waals surface area contributed by atoms with Gasteiger partial charge >= 0.3 is 12.1 Å². The van der Waals surface area contributed by atoms with Gasteiger partial charge in [-0.15, -0.1) is 0 Å². The van der Waals surface area contributed by atoms with Gasteiger partial charge in [-0.2, -0.15) is 0 Å². The van der Waals surface area contributed by atoms with Crippen molar-refractivity contribution in [3.63, 3.8) is 0 Å². The highest BCUT2D eigenvalue weighted by Gasteiger charge is 2.54. The topological polar surface area (TPSA) is 74.3 Å². The Labute approximate surface area is 153 Å². The molecule has 0 aromatic heterocycles. The molecule has 0 radical (unpaired) electrons. The summed E-state index contributed by atoms with van der Waals surface area (Å²) in [5, 5.41) is 0. The van der Waals surface area contributed by atoms with Crippen molar-refractivity contribution in [3.8, 4) is 0 Å². The number of benzene rings is 1. The van der Waals surface area contributed by atoms with Gasteiger partial charge in [0.25, 0.3) is 0 Å². The summed E-state index contributed by atoms with van der Waals surface area (Å²) in [5.41, 5.74) is 0.899. The van der Waals surface area contributed by atoms with Gasteiger partial charge in [-0.25, -0.2) is 4.79 Å². The lowest BCUT2D eigenvalue weighted by atomic mass is 10.1. The van der Waals surface area contributed by atoms with E-state index in [9.17, 15) is 9.59 Å². The van der Waals surface area contributed by atoms with Crippen LogP contribution in [-0.2, 0) is 30.3 Å². The molecule has 26 heavy (non-hydrogen) atoms. The number of amides is 1. The highest BCUT2D eigenvalue weighted by atomic mass is 16.8. The molecule has 7 nitrogen and oxygen atoms in total. The minimum Gasteiger partial charge on any atom is -0.466 e. The molecule has 2 saturated heterocycles. The first-order chi connectivity index (χ1) is 12.4. The minimum absolute atomic E-state index is 0.0505. The molecular weight excluding hydrogens is 338 g/mol. The van der Waals surface area contributed by atoms with Gasteiger partial charge in [-0.05, 0) is 26.3 Å². The molecule has 2 heterocycles. The molecule has 1 amide bonds. The van der Waals surface area contributed by atoms with Crippen LogP contribution < -0.4 is 0 Å². The molecular formula is C19H25NO6. The number of rotatable bonds is 5. The Morgan fingerprint density at radius 3 is 2.62 bits per heavy atom. The predicted octanol–water partition coefficient (Wildman–Crippen LogP) is 2.48. The first kappa shape index (κ1) is 18.7. The third-order valence-corrected chi connectivity index (χ3v) is 4.50. The van der Waals surface area contributed by atoms with Crippen LogP contribution in [0.2, 0.25) is 0 Å². The highest BCUT2D eigenvalue weighted by molar-refractivity contribution is 5.73. The van der Waals surface area contributed by atoms with E-state index >= 15 is 0 Å². The zero-order valence-electron chi connectivity index (χ0n) is 15.3. The quantitative estimate of drug-likeness (QED) is 0.748. The lowest BCUT2D eigenvalue weighted by Crippen LogP contribution is -2.43. The zero-order valence-corrected chi connectivity index (χ0v) is 15.3. The van der Waals surface area contributed by atoms with Crippen LogP contribution in [0.25, 0.3) is 0 Å². The second-order valence-corrected chi connectivity index (χ2v) is 6.91. The van der Waals surface area contributed by atoms with Crippen molar-refractivity contribution >= 4 is 12.1 Å². The maximum atomic E-state index is 12.6. The van der Waals surface area contributed by atoms with Crippen LogP contribution in [0.1, 0.15) is 32.8 Å². The van der Waals surface area contributed by atoms with Crippen LogP contribution in [-0.4, -0.2) is 54.2 Å². The maximum Gasteiger partial charge on any atom is 0.410 e. The molecule has 2 fully saturated rings. The molecule has 2 aliphatic heterocycles. The Morgan fingerprint density at radius 2 is 1.92 bits per heavy atom. The van der Waals surface area contributed by atoms with E-state index in [1.165, 1.54) is 4.90 Å². The van der Waals surface area contributed by atoms with E-state index in [1.54, 1.807) is 6.92 Å². The highest BCUT2D eigenvalue weighted by Crippen LogP contribution is 2.38. The average Bonchev–Trinajstić information content (AvgIpc) is 3.07. The Hall–Kier alpha value is -2.12. The Morgan fingerprint density at radius 1 is 1.19 bits per heavy atom. The molecule has 2 unspecified atom stereocenters. The molecule has 3 rings (SSSR count). The number of carbonyl (C=O) groups is 2. The number of ether oxygens (including phenoxy) is 4. The van der Waals surface area contributed by atoms with Gasteiger partial charge in [0, 0.05) is 0 Å². The van der Waals surface area contributed by atoms with Gasteiger partial charge < -0.3 is 18.9 Å². The molecule has 3 atom stereocenters. The fourth-order valence-electron chi connectivity index (χ4n) is 3.47. The first-order valence-corrected chi connectivity index (χ1v) is 8.88. The van der Waals surface area contributed by atoms with Crippen molar-refractivity contribution in [2.45, 2.75) is 57.8 Å². The fourth-order valence-corrected chi connectivity index (χ4v) is 3.47. The lowest BCUT2D eigenvalue weighted by Gasteiger charge is -2.28. The van der Waals surface area contributed by atoms with Gasteiger partial charge in [-0.1, -0.05) is 30.3 Å². The van der Waals surface area contributed by atoms with Crippen molar-refractivity contribution in [2.24, 2.45) is 0 Å². The van der Waals surface area contributed by atoms with E-state index in [-0.39, 0.29) is 31.2 Å². The molecule has 0 aliphatic carbocycles. The summed E-state index contributed by atoms with van der Waals surface area (Å²) in [5.74, 6) is -1.10. The average molecular weight is 363 g/mol. The summed E-state index contributed by atoms with van der Waals surface area (Å²) in [6.07, 6.45) is -1.09. The van der Waals surface area contributed by atoms with Crippen LogP contribution in [0.5, 0.6) is 0 Å². The largest absolute Gasteiger partial charge is 0.466 e. The second-order valence-electron chi connectivity index (χ2n) is 6.91. The van der Waals surface area contributed by atoms with Crippen LogP contribution in [0.3, 0.4) is 0 Å². The number of nitrogens with zero attached hydrogens (tertiary/aromatic N) is 1. The van der Waals surface area contributed by atoms with Crippen molar-refractivity contribution in [1.29, 1.82) is 0 Å². The van der Waals surface area contributed by atoms with E-state index < -0.39 is 17.9 Å². The predicted molar refractivity (Wildman–Crippen MR) is 92.2 cm³/mol. The molecule has 1 aromatic carbocycles. The standard InChI is InChI=1S/C19H25NO6/c1-4-23-16(21)10-14-17-15(25-19(2,3)26-17)11-20(14)18(22)24-12-13-8-6-5-7-9-13/h5-9,14-15,17H,4,10-12H2,1-3H3/t14-,15?,17?/m0/s1. The van der Waals surface area contributed by atoms with E-state index in [1.807, 2.05) is 44.2 Å². The number of esters is 1. The van der Waals surface area contributed by atoms with Gasteiger partial charge in [0.05, 0.1) is 25.6 Å². The van der Waals surface area contributed by atoms with Crippen molar-refractivity contribution < 1.29 is 28.5 Å². The Bertz CT molecular complexity index is 647. The Balaban J connectivity index is 1.67. The van der Waals surface area contributed by atoms with Gasteiger partial charge in [0.2, 0.25) is 0 Å². The van der Waals surface area contributed by atoms with Gasteiger partial charge in [0.1, 0.15) is 18.8 Å². The minimum atomic E-state index is -0.734. The van der Waals surface area contributed by atoms with E-state index in [4.69, 9.17) is 18.9 Å². The molecule has 0 bridgehead atoms. The van der Waals surface area contributed by atoms with Crippen LogP contribution in [0.4, 0.5) is 4.79 Å². The number of carbonyl (C=O) groups excluding carboxylic acids is 2. The molecule has 0 N–H and O–H groups in total. The fraction of sp³-hybridized carbons (Fsp3) is 0.579. The zero-order chi connectivity index (χ0) is 18.7. The first-order valence-electron chi connectivity index (χ1n) is 8.88. The summed E-state index contributed by atoms with van der Waals surface area (Å²) < 4.78 is 22.3. The van der Waals surface area contributed by atoms with Crippen LogP contribution in [0.15, 0.2) is 30.3 Å². The summed E-state index contributed by atoms with van der Waals surface area (Å²) in [4.78, 5) is 26.1. The summed E-state index contributed by atoms with van der Waals surface area (Å²) in [6, 6.07) is 8.98. The maximum absolute atomic E-state index is 12.6. The van der Waals surface area contributed by atoms with Gasteiger partial charge in [0.15, 0.2) is 5.79 Å². The molecule has 2 aliphatic rings. The van der Waals surface area contributed by atoms with Crippen molar-refractivity contribution in [3.05, 3.63) is 35.9 Å². The van der Waals surface area contributed by atoms with E-state index in [0.29, 0.717) is 13.2 Å². The normalized spacial score (nSPS) is 26.4. The summed E-state index contributed by atoms with van der Waals surface area (Å²) in [7, 11) is 0. The molecule has 1 aromatic rings. The SMILES string of the molecule is CCOC(=O)C[C@H]1C2OC(C)(C)OC2CN1C(=O)OCc1ccccc1. The monoisotopic (exact) mass is 363 g/mol. The number of hydrogen-bond acceptors (Lipinski definition) is 6. The Kier molecular flexibility index (Phi) is 5.48. The van der Waals surface area contributed by atoms with Crippen LogP contribution in [0, 0.1) is 0 Å². The molecule has 0 spiro atoms. The summed E-state index contributed by atoms with van der Waals surface area (Å²) >= 11 is 0. The van der Waals surface area contributed by atoms with E-state index in [2.05, 4.69) is 0 Å². The number of fused-ring (bicyclic) bond motifs is 1. The van der Waals surface area contributed by atoms with Gasteiger partial charge in [-0.3, -0.25) is 9.69 Å². The van der Waals surface area contributed by atoms with Crippen LogP contribution >= 0.6 is 0 Å². The lowest BCUT2D eigenvalue weighted by molar-refractivity contribution is -0.164. The second kappa shape index (κ2) is 7.63.